The first-order valence-electron chi connectivity index (χ1n) is 10.9. The van der Waals surface area contributed by atoms with Gasteiger partial charge in [0.1, 0.15) is 4.83 Å². The Bertz CT molecular complexity index is 995. The summed E-state index contributed by atoms with van der Waals surface area (Å²) in [5.74, 6) is 0.188. The number of amides is 1. The fourth-order valence-corrected chi connectivity index (χ4v) is 6.12. The molecule has 3 aromatic rings. The first-order chi connectivity index (χ1) is 14.2. The van der Waals surface area contributed by atoms with E-state index in [1.54, 1.807) is 16.2 Å². The van der Waals surface area contributed by atoms with Crippen molar-refractivity contribution in [3.05, 3.63) is 47.0 Å². The Morgan fingerprint density at radius 2 is 1.83 bits per heavy atom. The number of thiophene rings is 1. The van der Waals surface area contributed by atoms with Crippen molar-refractivity contribution < 1.29 is 9.69 Å². The van der Waals surface area contributed by atoms with E-state index in [2.05, 4.69) is 17.0 Å². The second-order valence-corrected chi connectivity index (χ2v) is 9.48. The van der Waals surface area contributed by atoms with E-state index in [0.717, 1.165) is 58.7 Å². The minimum Gasteiger partial charge on any atom is -0.330 e. The van der Waals surface area contributed by atoms with Gasteiger partial charge in [0.05, 0.1) is 48.5 Å². The maximum Gasteiger partial charge on any atom is 0.264 e. The van der Waals surface area contributed by atoms with E-state index in [-0.39, 0.29) is 5.91 Å². The van der Waals surface area contributed by atoms with E-state index in [1.165, 1.54) is 32.1 Å². The molecule has 2 aliphatic rings. The number of quaternary nitrogens is 1. The SMILES string of the molecule is Cc1nn(-c2ccccc2)c2sc(C(=O)N3CC[NH+](C4CCCCC4)CC3)cc12. The van der Waals surface area contributed by atoms with Gasteiger partial charge in [0.2, 0.25) is 0 Å². The number of piperazine rings is 1. The number of aromatic nitrogens is 2. The van der Waals surface area contributed by atoms with Crippen molar-refractivity contribution in [1.82, 2.24) is 14.7 Å². The molecule has 3 heterocycles. The maximum atomic E-state index is 13.2. The number of carbonyl (C=O) groups is 1. The third-order valence-corrected chi connectivity index (χ3v) is 7.73. The van der Waals surface area contributed by atoms with Gasteiger partial charge in [-0.3, -0.25) is 4.79 Å². The summed E-state index contributed by atoms with van der Waals surface area (Å²) in [5.41, 5.74) is 2.02. The number of carbonyl (C=O) groups excluding carboxylic acids is 1. The predicted octanol–water partition coefficient (Wildman–Crippen LogP) is 3.07. The zero-order valence-corrected chi connectivity index (χ0v) is 17.9. The van der Waals surface area contributed by atoms with E-state index in [1.807, 2.05) is 35.9 Å². The first-order valence-corrected chi connectivity index (χ1v) is 11.7. The molecule has 2 fully saturated rings. The highest BCUT2D eigenvalue weighted by atomic mass is 32.1. The molecule has 1 aromatic carbocycles. The summed E-state index contributed by atoms with van der Waals surface area (Å²) in [4.78, 5) is 18.9. The van der Waals surface area contributed by atoms with E-state index in [0.29, 0.717) is 0 Å². The van der Waals surface area contributed by atoms with Crippen LogP contribution >= 0.6 is 11.3 Å². The highest BCUT2D eigenvalue weighted by Crippen LogP contribution is 2.31. The number of hydrogen-bond acceptors (Lipinski definition) is 3. The molecule has 152 valence electrons. The highest BCUT2D eigenvalue weighted by molar-refractivity contribution is 7.20. The van der Waals surface area contributed by atoms with Crippen LogP contribution in [0.4, 0.5) is 0 Å². The number of hydrogen-bond donors (Lipinski definition) is 1. The first kappa shape index (κ1) is 18.8. The van der Waals surface area contributed by atoms with E-state index in [9.17, 15) is 4.79 Å². The average molecular weight is 410 g/mol. The van der Waals surface area contributed by atoms with Gasteiger partial charge in [-0.25, -0.2) is 4.68 Å². The molecule has 0 bridgehead atoms. The predicted molar refractivity (Wildman–Crippen MR) is 117 cm³/mol. The largest absolute Gasteiger partial charge is 0.330 e. The number of fused-ring (bicyclic) bond motifs is 1. The molecule has 5 rings (SSSR count). The lowest BCUT2D eigenvalue weighted by Crippen LogP contribution is -3.18. The van der Waals surface area contributed by atoms with E-state index in [4.69, 9.17) is 5.10 Å². The monoisotopic (exact) mass is 409 g/mol. The highest BCUT2D eigenvalue weighted by Gasteiger charge is 2.31. The minimum atomic E-state index is 0.188. The minimum absolute atomic E-state index is 0.188. The van der Waals surface area contributed by atoms with Gasteiger partial charge in [-0.15, -0.1) is 11.3 Å². The van der Waals surface area contributed by atoms with Crippen LogP contribution in [-0.4, -0.2) is 52.8 Å². The zero-order valence-electron chi connectivity index (χ0n) is 17.1. The van der Waals surface area contributed by atoms with Crippen LogP contribution in [0, 0.1) is 6.92 Å². The molecule has 1 saturated heterocycles. The Hall–Kier alpha value is -2.18. The molecular weight excluding hydrogens is 380 g/mol. The lowest BCUT2D eigenvalue weighted by atomic mass is 9.94. The van der Waals surface area contributed by atoms with Crippen LogP contribution in [-0.2, 0) is 0 Å². The van der Waals surface area contributed by atoms with E-state index < -0.39 is 0 Å². The van der Waals surface area contributed by atoms with Crippen molar-refractivity contribution in [1.29, 1.82) is 0 Å². The smallest absolute Gasteiger partial charge is 0.264 e. The van der Waals surface area contributed by atoms with Crippen molar-refractivity contribution in [2.45, 2.75) is 45.1 Å². The van der Waals surface area contributed by atoms with Gasteiger partial charge in [-0.2, -0.15) is 5.10 Å². The summed E-state index contributed by atoms with van der Waals surface area (Å²) >= 11 is 1.57. The van der Waals surface area contributed by atoms with Crippen molar-refractivity contribution >= 4 is 27.5 Å². The third-order valence-electron chi connectivity index (χ3n) is 6.63. The molecule has 2 aromatic heterocycles. The third kappa shape index (κ3) is 3.60. The molecule has 6 heteroatoms. The Kier molecular flexibility index (Phi) is 5.14. The van der Waals surface area contributed by atoms with Gasteiger partial charge < -0.3 is 9.80 Å². The summed E-state index contributed by atoms with van der Waals surface area (Å²) in [6.07, 6.45) is 6.91. The van der Waals surface area contributed by atoms with Crippen molar-refractivity contribution in [3.63, 3.8) is 0 Å². The summed E-state index contributed by atoms with van der Waals surface area (Å²) in [6, 6.07) is 13.0. The molecule has 1 aliphatic carbocycles. The average Bonchev–Trinajstić information content (AvgIpc) is 3.35. The molecule has 1 aliphatic heterocycles. The normalized spacial score (nSPS) is 19.1. The topological polar surface area (TPSA) is 42.6 Å². The van der Waals surface area contributed by atoms with Gasteiger partial charge in [0.15, 0.2) is 0 Å². The number of rotatable bonds is 3. The summed E-state index contributed by atoms with van der Waals surface area (Å²) in [6.45, 7) is 5.97. The Balaban J connectivity index is 1.33. The Morgan fingerprint density at radius 3 is 2.55 bits per heavy atom. The number of para-hydroxylation sites is 1. The summed E-state index contributed by atoms with van der Waals surface area (Å²) < 4.78 is 1.97. The molecule has 0 radical (unpaired) electrons. The van der Waals surface area contributed by atoms with Crippen LogP contribution in [0.1, 0.15) is 47.5 Å². The standard InChI is InChI=1S/C23H28N4OS/c1-17-20-16-21(29-23(20)27(24-17)19-10-6-3-7-11-19)22(28)26-14-12-25(13-15-26)18-8-4-2-5-9-18/h3,6-7,10-11,16,18H,2,4-5,8-9,12-15H2,1H3/p+1. The summed E-state index contributed by atoms with van der Waals surface area (Å²) in [5, 5.41) is 5.78. The quantitative estimate of drug-likeness (QED) is 0.722. The molecule has 29 heavy (non-hydrogen) atoms. The van der Waals surface area contributed by atoms with Gasteiger partial charge in [-0.1, -0.05) is 24.6 Å². The number of aryl methyl sites for hydroxylation is 1. The lowest BCUT2D eigenvalue weighted by molar-refractivity contribution is -0.930. The fraction of sp³-hybridized carbons (Fsp3) is 0.478. The molecular formula is C23H29N4OS+. The van der Waals surface area contributed by atoms with Gasteiger partial charge >= 0.3 is 0 Å². The van der Waals surface area contributed by atoms with Crippen LogP contribution in [0.25, 0.3) is 15.9 Å². The molecule has 1 saturated carbocycles. The molecule has 0 unspecified atom stereocenters. The van der Waals surface area contributed by atoms with Crippen LogP contribution in [0.5, 0.6) is 0 Å². The van der Waals surface area contributed by atoms with Crippen LogP contribution in [0.2, 0.25) is 0 Å². The van der Waals surface area contributed by atoms with Gasteiger partial charge in [-0.05, 0) is 50.8 Å². The van der Waals surface area contributed by atoms with Crippen LogP contribution in [0.15, 0.2) is 36.4 Å². The van der Waals surface area contributed by atoms with Crippen molar-refractivity contribution in [2.24, 2.45) is 0 Å². The van der Waals surface area contributed by atoms with Gasteiger partial charge in [0, 0.05) is 5.39 Å². The number of nitrogens with zero attached hydrogens (tertiary/aromatic N) is 3. The molecule has 1 N–H and O–H groups in total. The zero-order chi connectivity index (χ0) is 19.8. The molecule has 1 amide bonds. The van der Waals surface area contributed by atoms with Crippen molar-refractivity contribution in [2.75, 3.05) is 26.2 Å². The summed E-state index contributed by atoms with van der Waals surface area (Å²) in [7, 11) is 0. The molecule has 0 atom stereocenters. The van der Waals surface area contributed by atoms with Crippen molar-refractivity contribution in [3.8, 4) is 5.69 Å². The number of benzene rings is 1. The fourth-order valence-electron chi connectivity index (χ4n) is 4.97. The molecule has 0 spiro atoms. The maximum absolute atomic E-state index is 13.2. The van der Waals surface area contributed by atoms with Crippen LogP contribution in [0.3, 0.4) is 0 Å². The lowest BCUT2D eigenvalue weighted by Gasteiger charge is -2.37. The number of nitrogens with one attached hydrogen (secondary N) is 1. The molecule has 5 nitrogen and oxygen atoms in total. The second kappa shape index (κ2) is 7.92. The Morgan fingerprint density at radius 1 is 1.10 bits per heavy atom. The Labute approximate surface area is 175 Å². The van der Waals surface area contributed by atoms with Crippen LogP contribution < -0.4 is 4.90 Å². The van der Waals surface area contributed by atoms with Gasteiger partial charge in [0.25, 0.3) is 5.91 Å². The second-order valence-electron chi connectivity index (χ2n) is 8.45. The van der Waals surface area contributed by atoms with E-state index >= 15 is 0 Å².